The number of nitrogens with zero attached hydrogens (tertiary/aromatic N) is 3. The van der Waals surface area contributed by atoms with E-state index in [-0.39, 0.29) is 10.6 Å². The van der Waals surface area contributed by atoms with Crippen molar-refractivity contribution in [3.05, 3.63) is 63.8 Å². The first kappa shape index (κ1) is 14.3. The SMILES string of the molecule is C=CCn1ncc(NCc2cccc(C)n2)c(Cl)c1=O. The second kappa shape index (κ2) is 6.34. The zero-order valence-corrected chi connectivity index (χ0v) is 11.9. The quantitative estimate of drug-likeness (QED) is 0.859. The van der Waals surface area contributed by atoms with Crippen molar-refractivity contribution in [3.8, 4) is 0 Å². The zero-order valence-electron chi connectivity index (χ0n) is 11.1. The van der Waals surface area contributed by atoms with E-state index in [2.05, 4.69) is 22.0 Å². The van der Waals surface area contributed by atoms with Gasteiger partial charge in [0.05, 0.1) is 30.7 Å². The molecule has 0 fully saturated rings. The fourth-order valence-corrected chi connectivity index (χ4v) is 1.94. The van der Waals surface area contributed by atoms with Crippen LogP contribution in [0.3, 0.4) is 0 Å². The molecule has 104 valence electrons. The Labute approximate surface area is 121 Å². The fourth-order valence-electron chi connectivity index (χ4n) is 1.72. The minimum Gasteiger partial charge on any atom is -0.377 e. The number of aryl methyl sites for hydroxylation is 1. The molecule has 2 aromatic rings. The Kier molecular flexibility index (Phi) is 4.53. The van der Waals surface area contributed by atoms with Crippen molar-refractivity contribution in [1.29, 1.82) is 0 Å². The summed E-state index contributed by atoms with van der Waals surface area (Å²) >= 11 is 6.04. The summed E-state index contributed by atoms with van der Waals surface area (Å²) in [5.74, 6) is 0. The standard InChI is InChI=1S/C14H15ClN4O/c1-3-7-19-14(20)13(15)12(9-17-19)16-8-11-6-4-5-10(2)18-11/h3-6,9,16H,1,7-8H2,2H3. The molecule has 6 heteroatoms. The number of hydrogen-bond donors (Lipinski definition) is 1. The van der Waals surface area contributed by atoms with Gasteiger partial charge in [0.15, 0.2) is 0 Å². The van der Waals surface area contributed by atoms with Crippen LogP contribution in [0.2, 0.25) is 5.02 Å². The fraction of sp³-hybridized carbons (Fsp3) is 0.214. The molecule has 0 unspecified atom stereocenters. The molecule has 2 rings (SSSR count). The van der Waals surface area contributed by atoms with E-state index < -0.39 is 0 Å². The normalized spacial score (nSPS) is 10.3. The first-order chi connectivity index (χ1) is 9.61. The lowest BCUT2D eigenvalue weighted by atomic mass is 10.3. The van der Waals surface area contributed by atoms with Crippen molar-refractivity contribution in [2.45, 2.75) is 20.0 Å². The van der Waals surface area contributed by atoms with Gasteiger partial charge in [-0.05, 0) is 19.1 Å². The number of anilines is 1. The highest BCUT2D eigenvalue weighted by Gasteiger charge is 2.08. The summed E-state index contributed by atoms with van der Waals surface area (Å²) in [5.41, 5.74) is 1.97. The summed E-state index contributed by atoms with van der Waals surface area (Å²) in [5, 5.41) is 7.21. The molecule has 0 atom stereocenters. The second-order valence-electron chi connectivity index (χ2n) is 4.27. The average Bonchev–Trinajstić information content (AvgIpc) is 2.43. The molecule has 0 saturated carbocycles. The van der Waals surface area contributed by atoms with Gasteiger partial charge >= 0.3 is 0 Å². The Morgan fingerprint density at radius 3 is 3.00 bits per heavy atom. The van der Waals surface area contributed by atoms with E-state index in [0.29, 0.717) is 18.8 Å². The molecular formula is C14H15ClN4O. The monoisotopic (exact) mass is 290 g/mol. The van der Waals surface area contributed by atoms with E-state index in [0.717, 1.165) is 11.4 Å². The lowest BCUT2D eigenvalue weighted by Gasteiger charge is -2.09. The van der Waals surface area contributed by atoms with E-state index in [9.17, 15) is 4.79 Å². The second-order valence-corrected chi connectivity index (χ2v) is 4.65. The highest BCUT2D eigenvalue weighted by molar-refractivity contribution is 6.32. The van der Waals surface area contributed by atoms with Gasteiger partial charge in [0.25, 0.3) is 5.56 Å². The van der Waals surface area contributed by atoms with Crippen molar-refractivity contribution in [3.63, 3.8) is 0 Å². The minimum absolute atomic E-state index is 0.120. The third-order valence-corrected chi connectivity index (χ3v) is 3.06. The van der Waals surface area contributed by atoms with Gasteiger partial charge in [0, 0.05) is 5.69 Å². The Morgan fingerprint density at radius 2 is 2.30 bits per heavy atom. The number of halogens is 1. The molecule has 0 aliphatic heterocycles. The summed E-state index contributed by atoms with van der Waals surface area (Å²) in [6.07, 6.45) is 3.12. The van der Waals surface area contributed by atoms with E-state index in [4.69, 9.17) is 11.6 Å². The molecule has 1 N–H and O–H groups in total. The van der Waals surface area contributed by atoms with Crippen LogP contribution in [0.15, 0.2) is 41.8 Å². The maximum absolute atomic E-state index is 11.9. The van der Waals surface area contributed by atoms with Crippen LogP contribution < -0.4 is 10.9 Å². The topological polar surface area (TPSA) is 59.8 Å². The smallest absolute Gasteiger partial charge is 0.287 e. The van der Waals surface area contributed by atoms with Gasteiger partial charge in [0.2, 0.25) is 0 Å². The summed E-state index contributed by atoms with van der Waals surface area (Å²) in [6.45, 7) is 6.30. The number of allylic oxidation sites excluding steroid dienone is 1. The van der Waals surface area contributed by atoms with Gasteiger partial charge < -0.3 is 5.32 Å². The Balaban J connectivity index is 2.16. The Hall–Kier alpha value is -2.14. The third kappa shape index (κ3) is 3.24. The lowest BCUT2D eigenvalue weighted by molar-refractivity contribution is 0.653. The van der Waals surface area contributed by atoms with Crippen molar-refractivity contribution in [2.24, 2.45) is 0 Å². The molecule has 0 radical (unpaired) electrons. The molecule has 0 spiro atoms. The van der Waals surface area contributed by atoms with E-state index in [1.807, 2.05) is 25.1 Å². The zero-order chi connectivity index (χ0) is 14.5. The summed E-state index contributed by atoms with van der Waals surface area (Å²) in [6, 6.07) is 5.76. The highest BCUT2D eigenvalue weighted by Crippen LogP contribution is 2.16. The molecule has 2 aromatic heterocycles. The highest BCUT2D eigenvalue weighted by atomic mass is 35.5. The van der Waals surface area contributed by atoms with Gasteiger partial charge in [-0.3, -0.25) is 9.78 Å². The van der Waals surface area contributed by atoms with Crippen LogP contribution in [0.5, 0.6) is 0 Å². The van der Waals surface area contributed by atoms with Crippen LogP contribution in [0.25, 0.3) is 0 Å². The number of pyridine rings is 1. The van der Waals surface area contributed by atoms with E-state index >= 15 is 0 Å². The van der Waals surface area contributed by atoms with Crippen LogP contribution in [-0.2, 0) is 13.1 Å². The molecule has 20 heavy (non-hydrogen) atoms. The lowest BCUT2D eigenvalue weighted by Crippen LogP contribution is -2.23. The molecule has 5 nitrogen and oxygen atoms in total. The molecule has 0 saturated heterocycles. The molecular weight excluding hydrogens is 276 g/mol. The molecule has 2 heterocycles. The summed E-state index contributed by atoms with van der Waals surface area (Å²) in [7, 11) is 0. The number of hydrogen-bond acceptors (Lipinski definition) is 4. The van der Waals surface area contributed by atoms with Crippen LogP contribution in [0.4, 0.5) is 5.69 Å². The van der Waals surface area contributed by atoms with E-state index in [1.165, 1.54) is 10.9 Å². The maximum Gasteiger partial charge on any atom is 0.287 e. The maximum atomic E-state index is 11.9. The van der Waals surface area contributed by atoms with Crippen molar-refractivity contribution >= 4 is 17.3 Å². The molecule has 0 bridgehead atoms. The van der Waals surface area contributed by atoms with Crippen LogP contribution >= 0.6 is 11.6 Å². The molecule has 0 amide bonds. The predicted molar refractivity (Wildman–Crippen MR) is 80.0 cm³/mol. The van der Waals surface area contributed by atoms with Gasteiger partial charge in [0.1, 0.15) is 5.02 Å². The largest absolute Gasteiger partial charge is 0.377 e. The Morgan fingerprint density at radius 1 is 1.50 bits per heavy atom. The third-order valence-electron chi connectivity index (χ3n) is 2.69. The van der Waals surface area contributed by atoms with Crippen LogP contribution in [0, 0.1) is 6.92 Å². The minimum atomic E-state index is -0.339. The average molecular weight is 291 g/mol. The van der Waals surface area contributed by atoms with Gasteiger partial charge in [-0.15, -0.1) is 6.58 Å². The van der Waals surface area contributed by atoms with Gasteiger partial charge in [-0.2, -0.15) is 5.10 Å². The van der Waals surface area contributed by atoms with Crippen LogP contribution in [0.1, 0.15) is 11.4 Å². The molecule has 0 aliphatic rings. The van der Waals surface area contributed by atoms with Crippen molar-refractivity contribution in [2.75, 3.05) is 5.32 Å². The number of nitrogens with one attached hydrogen (secondary N) is 1. The van der Waals surface area contributed by atoms with Gasteiger partial charge in [-0.25, -0.2) is 4.68 Å². The number of rotatable bonds is 5. The molecule has 0 aliphatic carbocycles. The van der Waals surface area contributed by atoms with Crippen molar-refractivity contribution < 1.29 is 0 Å². The first-order valence-electron chi connectivity index (χ1n) is 6.14. The molecule has 0 aromatic carbocycles. The van der Waals surface area contributed by atoms with Crippen molar-refractivity contribution in [1.82, 2.24) is 14.8 Å². The van der Waals surface area contributed by atoms with Crippen LogP contribution in [-0.4, -0.2) is 14.8 Å². The Bertz CT molecular complexity index is 681. The van der Waals surface area contributed by atoms with E-state index in [1.54, 1.807) is 6.08 Å². The summed E-state index contributed by atoms with van der Waals surface area (Å²) in [4.78, 5) is 16.3. The summed E-state index contributed by atoms with van der Waals surface area (Å²) < 4.78 is 1.26. The van der Waals surface area contributed by atoms with Gasteiger partial charge in [-0.1, -0.05) is 23.7 Å². The number of aromatic nitrogens is 3. The predicted octanol–water partition coefficient (Wildman–Crippen LogP) is 2.40. The first-order valence-corrected chi connectivity index (χ1v) is 6.52.